The Hall–Kier alpha value is -0.910. The van der Waals surface area contributed by atoms with Gasteiger partial charge in [0.25, 0.3) is 0 Å². The molecule has 0 aromatic carbocycles. The zero-order valence-corrected chi connectivity index (χ0v) is 23.4. The fraction of sp³-hybridized carbons (Fsp3) is 0.903. The highest BCUT2D eigenvalue weighted by atomic mass is 16.4. The fourth-order valence-corrected chi connectivity index (χ4v) is 11.4. The van der Waals surface area contributed by atoms with Crippen LogP contribution in [0.3, 0.4) is 0 Å². The summed E-state index contributed by atoms with van der Waals surface area (Å²) in [5.74, 6) is -0.0101. The Morgan fingerprint density at radius 1 is 0.972 bits per heavy atom. The van der Waals surface area contributed by atoms with Crippen LogP contribution in [0.4, 0.5) is 0 Å². The fourth-order valence-electron chi connectivity index (χ4n) is 11.4. The maximum atomic E-state index is 12.5. The van der Waals surface area contributed by atoms with Crippen molar-refractivity contribution in [2.75, 3.05) is 0 Å². The average Bonchev–Trinajstić information content (AvgIpc) is 3.38. The molecule has 0 radical (unpaired) electrons. The molecule has 0 aromatic rings. The lowest BCUT2D eigenvalue weighted by Crippen LogP contribution is -2.63. The van der Waals surface area contributed by atoms with E-state index < -0.39 is 23.6 Å². The van der Waals surface area contributed by atoms with E-state index in [4.69, 9.17) is 0 Å². The van der Waals surface area contributed by atoms with E-state index in [0.717, 1.165) is 38.5 Å². The summed E-state index contributed by atoms with van der Waals surface area (Å²) in [7, 11) is 0. The van der Waals surface area contributed by atoms with Gasteiger partial charge in [-0.1, -0.05) is 46.8 Å². The maximum absolute atomic E-state index is 12.5. The molecular weight excluding hydrogens is 452 g/mol. The second-order valence-corrected chi connectivity index (χ2v) is 14.9. The number of aliphatic hydroxyl groups excluding tert-OH is 3. The number of carbonyl (C=O) groups is 1. The van der Waals surface area contributed by atoms with Crippen molar-refractivity contribution in [1.82, 2.24) is 0 Å². The molecule has 0 amide bonds. The van der Waals surface area contributed by atoms with E-state index in [1.165, 1.54) is 5.57 Å². The van der Waals surface area contributed by atoms with Crippen LogP contribution in [-0.4, -0.2) is 44.7 Å². The van der Waals surface area contributed by atoms with Crippen LogP contribution in [0.25, 0.3) is 0 Å². The summed E-state index contributed by atoms with van der Waals surface area (Å²) in [4.78, 5) is 12.5. The van der Waals surface area contributed by atoms with E-state index in [1.807, 2.05) is 0 Å². The van der Waals surface area contributed by atoms with Crippen molar-refractivity contribution in [2.24, 2.45) is 56.7 Å². The summed E-state index contributed by atoms with van der Waals surface area (Å²) in [6.45, 7) is 17.4. The van der Waals surface area contributed by atoms with Gasteiger partial charge < -0.3 is 20.4 Å². The van der Waals surface area contributed by atoms with Crippen molar-refractivity contribution in [1.29, 1.82) is 0 Å². The largest absolute Gasteiger partial charge is 0.481 e. The number of fused-ring (bicyclic) bond motifs is 2. The summed E-state index contributed by atoms with van der Waals surface area (Å²) >= 11 is 0. The van der Waals surface area contributed by atoms with E-state index in [9.17, 15) is 25.2 Å². The van der Waals surface area contributed by atoms with Crippen molar-refractivity contribution in [3.05, 3.63) is 12.2 Å². The molecule has 0 saturated heterocycles. The molecule has 0 heterocycles. The second kappa shape index (κ2) is 8.05. The summed E-state index contributed by atoms with van der Waals surface area (Å²) < 4.78 is 0. The first-order valence-electron chi connectivity index (χ1n) is 14.6. The highest BCUT2D eigenvalue weighted by Crippen LogP contribution is 2.89. The van der Waals surface area contributed by atoms with Gasteiger partial charge >= 0.3 is 5.97 Å². The molecule has 5 aliphatic rings. The van der Waals surface area contributed by atoms with Gasteiger partial charge in [-0.2, -0.15) is 0 Å². The van der Waals surface area contributed by atoms with Gasteiger partial charge in [-0.3, -0.25) is 4.79 Å². The highest BCUT2D eigenvalue weighted by Gasteiger charge is 2.85. The molecule has 4 N–H and O–H groups in total. The zero-order chi connectivity index (χ0) is 26.6. The molecule has 5 saturated carbocycles. The van der Waals surface area contributed by atoms with Crippen molar-refractivity contribution in [3.63, 3.8) is 0 Å². The number of hydrogen-bond acceptors (Lipinski definition) is 4. The van der Waals surface area contributed by atoms with E-state index in [2.05, 4.69) is 41.2 Å². The highest BCUT2D eigenvalue weighted by molar-refractivity contribution is 5.76. The van der Waals surface area contributed by atoms with E-state index in [1.54, 1.807) is 6.92 Å². The lowest BCUT2D eigenvalue weighted by atomic mass is 9.41. The van der Waals surface area contributed by atoms with Gasteiger partial charge in [0.15, 0.2) is 0 Å². The Bertz CT molecular complexity index is 945. The van der Waals surface area contributed by atoms with E-state index >= 15 is 0 Å². The second-order valence-electron chi connectivity index (χ2n) is 14.9. The van der Waals surface area contributed by atoms with E-state index in [-0.39, 0.29) is 45.5 Å². The minimum atomic E-state index is -1.21. The molecule has 36 heavy (non-hydrogen) atoms. The third-order valence-corrected chi connectivity index (χ3v) is 13.6. The van der Waals surface area contributed by atoms with Gasteiger partial charge in [0, 0.05) is 0 Å². The number of aliphatic hydroxyl groups is 3. The number of allylic oxidation sites excluding steroid dienone is 1. The van der Waals surface area contributed by atoms with Gasteiger partial charge in [0.2, 0.25) is 0 Å². The number of aliphatic carboxylic acids is 1. The lowest BCUT2D eigenvalue weighted by Gasteiger charge is -2.64. The third kappa shape index (κ3) is 3.03. The topological polar surface area (TPSA) is 98.0 Å². The van der Waals surface area contributed by atoms with Crippen LogP contribution in [0.2, 0.25) is 0 Å². The van der Waals surface area contributed by atoms with E-state index in [0.29, 0.717) is 31.1 Å². The molecule has 0 bridgehead atoms. The number of carboxylic acid groups (broad SMARTS) is 1. The van der Waals surface area contributed by atoms with Crippen molar-refractivity contribution >= 4 is 5.97 Å². The number of hydrogen-bond donors (Lipinski definition) is 4. The Labute approximate surface area is 217 Å². The SMILES string of the molecule is C=C(CCC(C)C1[C@@H](O)C[C@@]2(C)C3[C@@H](O)CC4C5(CC[C@H](O)[C@@]4(C)C(=O)O)CC35CC[C@]12C)C(C)C. The predicted molar refractivity (Wildman–Crippen MR) is 140 cm³/mol. The predicted octanol–water partition coefficient (Wildman–Crippen LogP) is 5.42. The third-order valence-electron chi connectivity index (χ3n) is 13.6. The molecule has 5 rings (SSSR count). The molecule has 5 nitrogen and oxygen atoms in total. The van der Waals surface area contributed by atoms with Crippen molar-refractivity contribution < 1.29 is 25.2 Å². The van der Waals surface area contributed by atoms with Crippen LogP contribution >= 0.6 is 0 Å². The van der Waals surface area contributed by atoms with Crippen LogP contribution in [0.5, 0.6) is 0 Å². The summed E-state index contributed by atoms with van der Waals surface area (Å²) in [6.07, 6.45) is 5.72. The molecule has 5 aliphatic carbocycles. The molecule has 0 aliphatic heterocycles. The standard InChI is InChI=1S/C31H50O5/c1-17(2)18(3)8-9-19(4)24-21(33)15-28(6)25-20(32)14-22-29(7,26(35)36)23(34)10-11-30(22)16-31(25,30)13-12-27(24,28)5/h17,19-25,32-34H,3,8-16H2,1-2,4-7H3,(H,35,36)/t19?,20-,21-,22?,23-,24?,25?,27+,28-,29-,30?,31?/m0/s1. The first kappa shape index (κ1) is 26.7. The van der Waals surface area contributed by atoms with Crippen LogP contribution in [0.15, 0.2) is 12.2 Å². The van der Waals surface area contributed by atoms with Crippen molar-refractivity contribution in [2.45, 2.75) is 118 Å². The van der Waals surface area contributed by atoms with Crippen LogP contribution in [0, 0.1) is 56.7 Å². The minimum absolute atomic E-state index is 0.0653. The Balaban J connectivity index is 1.47. The molecule has 5 fully saturated rings. The molecule has 12 atom stereocenters. The minimum Gasteiger partial charge on any atom is -0.481 e. The number of carboxylic acids is 1. The first-order chi connectivity index (χ1) is 16.6. The lowest BCUT2D eigenvalue weighted by molar-refractivity contribution is -0.211. The van der Waals surface area contributed by atoms with Gasteiger partial charge in [-0.05, 0) is 116 Å². The molecule has 5 heteroatoms. The molecule has 204 valence electrons. The molecule has 6 unspecified atom stereocenters. The smallest absolute Gasteiger partial charge is 0.312 e. The zero-order valence-electron chi connectivity index (χ0n) is 23.4. The molecule has 2 spiro atoms. The normalized spacial score (nSPS) is 54.2. The summed E-state index contributed by atoms with van der Waals surface area (Å²) in [5, 5.41) is 44.5. The Morgan fingerprint density at radius 3 is 2.25 bits per heavy atom. The Morgan fingerprint density at radius 2 is 1.64 bits per heavy atom. The summed E-state index contributed by atoms with van der Waals surface area (Å²) in [5.41, 5.74) is -0.355. The van der Waals surface area contributed by atoms with Crippen LogP contribution < -0.4 is 0 Å². The molecular formula is C31H50O5. The van der Waals surface area contributed by atoms with Gasteiger partial charge in [0.1, 0.15) is 0 Å². The van der Waals surface area contributed by atoms with Gasteiger partial charge in [-0.15, -0.1) is 0 Å². The van der Waals surface area contributed by atoms with Gasteiger partial charge in [-0.25, -0.2) is 0 Å². The van der Waals surface area contributed by atoms with Crippen molar-refractivity contribution in [3.8, 4) is 0 Å². The molecule has 0 aromatic heterocycles. The maximum Gasteiger partial charge on any atom is 0.312 e. The quantitative estimate of drug-likeness (QED) is 0.364. The number of rotatable bonds is 6. The van der Waals surface area contributed by atoms with Crippen LogP contribution in [0.1, 0.15) is 99.3 Å². The van der Waals surface area contributed by atoms with Gasteiger partial charge in [0.05, 0.1) is 23.7 Å². The monoisotopic (exact) mass is 502 g/mol. The summed E-state index contributed by atoms with van der Waals surface area (Å²) in [6, 6.07) is 0. The first-order valence-corrected chi connectivity index (χ1v) is 14.6. The average molecular weight is 503 g/mol. The van der Waals surface area contributed by atoms with Crippen LogP contribution in [-0.2, 0) is 4.79 Å². The Kier molecular flexibility index (Phi) is 5.97.